The molecule has 1 amide bonds. The molecule has 0 aromatic heterocycles. The first-order chi connectivity index (χ1) is 9.83. The van der Waals surface area contributed by atoms with Crippen molar-refractivity contribution >= 4 is 5.91 Å². The number of benzene rings is 1. The van der Waals surface area contributed by atoms with Crippen LogP contribution in [-0.4, -0.2) is 47.2 Å². The zero-order valence-corrected chi connectivity index (χ0v) is 12.9. The number of likely N-dealkylation sites (N-methyl/N-ethyl adjacent to an activating group) is 1. The largest absolute Gasteiger partial charge is 0.508 e. The van der Waals surface area contributed by atoms with Crippen LogP contribution in [0.5, 0.6) is 11.5 Å². The summed E-state index contributed by atoms with van der Waals surface area (Å²) in [7, 11) is 0. The third kappa shape index (κ3) is 4.34. The van der Waals surface area contributed by atoms with E-state index in [9.17, 15) is 15.0 Å². The topological polar surface area (TPSA) is 98.8 Å². The highest BCUT2D eigenvalue weighted by Crippen LogP contribution is 2.28. The first-order valence-electron chi connectivity index (χ1n) is 7.14. The van der Waals surface area contributed by atoms with Gasteiger partial charge in [-0.3, -0.25) is 10.1 Å². The summed E-state index contributed by atoms with van der Waals surface area (Å²) >= 11 is 0. The maximum absolute atomic E-state index is 11.8. The quantitative estimate of drug-likeness (QED) is 0.567. The molecule has 0 aliphatic carbocycles. The molecule has 6 nitrogen and oxygen atoms in total. The smallest absolute Gasteiger partial charge is 0.242 e. The second-order valence-electron chi connectivity index (χ2n) is 5.18. The lowest BCUT2D eigenvalue weighted by Gasteiger charge is -2.30. The Morgan fingerprint density at radius 2 is 1.76 bits per heavy atom. The van der Waals surface area contributed by atoms with Crippen LogP contribution in [0.25, 0.3) is 0 Å². The first kappa shape index (κ1) is 17.3. The van der Waals surface area contributed by atoms with E-state index in [2.05, 4.69) is 24.1 Å². The molecule has 0 radical (unpaired) electrons. The Hall–Kier alpha value is -1.79. The molecule has 0 aliphatic heterocycles. The van der Waals surface area contributed by atoms with Gasteiger partial charge in [0.05, 0.1) is 0 Å². The highest BCUT2D eigenvalue weighted by atomic mass is 16.3. The fraction of sp³-hybridized carbons (Fsp3) is 0.533. The Morgan fingerprint density at radius 3 is 2.19 bits per heavy atom. The minimum absolute atomic E-state index is 0.108. The summed E-state index contributed by atoms with van der Waals surface area (Å²) in [4.78, 5) is 14.1. The summed E-state index contributed by atoms with van der Waals surface area (Å²) in [5, 5.41) is 22.3. The lowest BCUT2D eigenvalue weighted by Crippen LogP contribution is -2.52. The maximum atomic E-state index is 11.8. The first-order valence-corrected chi connectivity index (χ1v) is 7.14. The van der Waals surface area contributed by atoms with Gasteiger partial charge in [-0.1, -0.05) is 13.8 Å². The van der Waals surface area contributed by atoms with Crippen LogP contribution >= 0.6 is 0 Å². The third-order valence-corrected chi connectivity index (χ3v) is 3.77. The molecule has 0 aliphatic rings. The number of aromatic hydroxyl groups is 2. The van der Waals surface area contributed by atoms with Crippen LogP contribution in [0.1, 0.15) is 26.3 Å². The van der Waals surface area contributed by atoms with Crippen LogP contribution in [-0.2, 0) is 10.3 Å². The molecule has 21 heavy (non-hydrogen) atoms. The van der Waals surface area contributed by atoms with Gasteiger partial charge in [-0.15, -0.1) is 0 Å². The molecule has 5 N–H and O–H groups in total. The average molecular weight is 295 g/mol. The van der Waals surface area contributed by atoms with Gasteiger partial charge in [0, 0.05) is 19.2 Å². The van der Waals surface area contributed by atoms with Crippen molar-refractivity contribution in [2.24, 2.45) is 5.73 Å². The van der Waals surface area contributed by atoms with Crippen LogP contribution in [0.15, 0.2) is 18.2 Å². The van der Waals surface area contributed by atoms with Crippen LogP contribution in [0.4, 0.5) is 0 Å². The zero-order chi connectivity index (χ0) is 16.0. The van der Waals surface area contributed by atoms with E-state index in [0.29, 0.717) is 12.1 Å². The van der Waals surface area contributed by atoms with Crippen molar-refractivity contribution in [2.45, 2.75) is 26.3 Å². The fourth-order valence-corrected chi connectivity index (χ4v) is 2.22. The number of nitrogens with zero attached hydrogens (tertiary/aromatic N) is 1. The third-order valence-electron chi connectivity index (χ3n) is 3.77. The van der Waals surface area contributed by atoms with Crippen molar-refractivity contribution in [3.8, 4) is 11.5 Å². The van der Waals surface area contributed by atoms with Gasteiger partial charge in [0.15, 0.2) is 0 Å². The number of rotatable bonds is 8. The van der Waals surface area contributed by atoms with Crippen molar-refractivity contribution in [3.05, 3.63) is 23.8 Å². The van der Waals surface area contributed by atoms with Crippen molar-refractivity contribution in [3.63, 3.8) is 0 Å². The van der Waals surface area contributed by atoms with E-state index in [1.165, 1.54) is 18.2 Å². The lowest BCUT2D eigenvalue weighted by atomic mass is 9.90. The Balaban J connectivity index is 2.90. The van der Waals surface area contributed by atoms with Crippen LogP contribution in [0.3, 0.4) is 0 Å². The highest BCUT2D eigenvalue weighted by Gasteiger charge is 2.33. The second kappa shape index (κ2) is 7.28. The number of primary amides is 1. The molecule has 1 aromatic carbocycles. The van der Waals surface area contributed by atoms with Crippen molar-refractivity contribution < 1.29 is 15.0 Å². The van der Waals surface area contributed by atoms with Gasteiger partial charge in [-0.2, -0.15) is 0 Å². The molecule has 0 fully saturated rings. The number of nitrogens with one attached hydrogen (secondary N) is 1. The molecular weight excluding hydrogens is 270 g/mol. The molecule has 0 saturated carbocycles. The minimum atomic E-state index is -1.15. The Labute approximate surface area is 125 Å². The summed E-state index contributed by atoms with van der Waals surface area (Å²) < 4.78 is 0. The van der Waals surface area contributed by atoms with Crippen molar-refractivity contribution in [2.75, 3.05) is 26.2 Å². The molecule has 6 heteroatoms. The Bertz CT molecular complexity index is 469. The Morgan fingerprint density at radius 1 is 1.24 bits per heavy atom. The normalized spacial score (nSPS) is 14.1. The standard InChI is InChI=1S/C15H25N3O3/c1-4-18(5-2)7-6-17-15(3,14(16)21)11-8-12(19)10-13(20)9-11/h8-10,17,19-20H,4-7H2,1-3H3,(H2,16,21). The molecule has 0 bridgehead atoms. The van der Waals surface area contributed by atoms with Gasteiger partial charge in [0.2, 0.25) is 5.91 Å². The predicted octanol–water partition coefficient (Wildman–Crippen LogP) is 0.730. The van der Waals surface area contributed by atoms with E-state index in [1.54, 1.807) is 6.92 Å². The van der Waals surface area contributed by atoms with E-state index in [0.717, 1.165) is 19.6 Å². The van der Waals surface area contributed by atoms with Crippen LogP contribution in [0, 0.1) is 0 Å². The minimum Gasteiger partial charge on any atom is -0.508 e. The molecule has 1 aromatic rings. The highest BCUT2D eigenvalue weighted by molar-refractivity contribution is 5.86. The summed E-state index contributed by atoms with van der Waals surface area (Å²) in [5.41, 5.74) is 4.79. The number of hydrogen-bond donors (Lipinski definition) is 4. The number of phenolic OH excluding ortho intramolecular Hbond substituents is 2. The molecule has 1 unspecified atom stereocenters. The number of carbonyl (C=O) groups excluding carboxylic acids is 1. The summed E-state index contributed by atoms with van der Waals surface area (Å²) in [6.07, 6.45) is 0. The van der Waals surface area contributed by atoms with E-state index in [4.69, 9.17) is 5.73 Å². The maximum Gasteiger partial charge on any atom is 0.242 e. The van der Waals surface area contributed by atoms with E-state index in [-0.39, 0.29) is 11.5 Å². The van der Waals surface area contributed by atoms with E-state index >= 15 is 0 Å². The van der Waals surface area contributed by atoms with Crippen LogP contribution < -0.4 is 11.1 Å². The van der Waals surface area contributed by atoms with E-state index < -0.39 is 11.4 Å². The number of carbonyl (C=O) groups is 1. The monoisotopic (exact) mass is 295 g/mol. The SMILES string of the molecule is CCN(CC)CCNC(C)(C(N)=O)c1cc(O)cc(O)c1. The summed E-state index contributed by atoms with van der Waals surface area (Å²) in [5.74, 6) is -0.780. The van der Waals surface area contributed by atoms with Gasteiger partial charge in [-0.25, -0.2) is 0 Å². The average Bonchev–Trinajstić information content (AvgIpc) is 2.42. The fourth-order valence-electron chi connectivity index (χ4n) is 2.22. The molecule has 118 valence electrons. The number of hydrogen-bond acceptors (Lipinski definition) is 5. The number of nitrogens with two attached hydrogens (primary N) is 1. The van der Waals surface area contributed by atoms with Gasteiger partial charge >= 0.3 is 0 Å². The van der Waals surface area contributed by atoms with Gasteiger partial charge in [0.1, 0.15) is 17.0 Å². The van der Waals surface area contributed by atoms with Gasteiger partial charge in [-0.05, 0) is 37.7 Å². The van der Waals surface area contributed by atoms with Crippen LogP contribution in [0.2, 0.25) is 0 Å². The molecule has 1 rings (SSSR count). The summed E-state index contributed by atoms with van der Waals surface area (Å²) in [6.45, 7) is 8.99. The lowest BCUT2D eigenvalue weighted by molar-refractivity contribution is -0.124. The van der Waals surface area contributed by atoms with Crippen molar-refractivity contribution in [1.29, 1.82) is 0 Å². The summed E-state index contributed by atoms with van der Waals surface area (Å²) in [6, 6.07) is 4.06. The zero-order valence-electron chi connectivity index (χ0n) is 12.9. The van der Waals surface area contributed by atoms with Gasteiger partial charge < -0.3 is 20.8 Å². The molecule has 1 atom stereocenters. The molecule has 0 spiro atoms. The van der Waals surface area contributed by atoms with Crippen molar-refractivity contribution in [1.82, 2.24) is 10.2 Å². The Kier molecular flexibility index (Phi) is 5.99. The van der Waals surface area contributed by atoms with E-state index in [1.807, 2.05) is 0 Å². The van der Waals surface area contributed by atoms with Gasteiger partial charge in [0.25, 0.3) is 0 Å². The molecule has 0 heterocycles. The number of phenols is 2. The molecular formula is C15H25N3O3. The second-order valence-corrected chi connectivity index (χ2v) is 5.18. The predicted molar refractivity (Wildman–Crippen MR) is 82.1 cm³/mol. The number of amides is 1. The molecule has 0 saturated heterocycles.